The Morgan fingerprint density at radius 3 is 2.67 bits per heavy atom. The smallest absolute Gasteiger partial charge is 0.410 e. The number of aromatic nitrogens is 2. The fraction of sp³-hybridized carbons (Fsp3) is 0.714. The summed E-state index contributed by atoms with van der Waals surface area (Å²) in [6.45, 7) is 6.20. The number of nitrogens with zero attached hydrogens (tertiary/aromatic N) is 5. The van der Waals surface area contributed by atoms with E-state index < -0.39 is 22.7 Å². The number of nitro groups is 1. The average molecular weight is 341 g/mol. The van der Waals surface area contributed by atoms with E-state index >= 15 is 0 Å². The molecular formula is C14H23N5O5. The van der Waals surface area contributed by atoms with Crippen molar-refractivity contribution in [2.24, 2.45) is 7.05 Å². The third-order valence-electron chi connectivity index (χ3n) is 3.54. The van der Waals surface area contributed by atoms with Gasteiger partial charge < -0.3 is 19.6 Å². The first-order chi connectivity index (χ1) is 11.1. The summed E-state index contributed by atoms with van der Waals surface area (Å²) in [5, 5.41) is 25.3. The number of anilines is 1. The molecule has 1 unspecified atom stereocenters. The molecule has 0 bridgehead atoms. The zero-order valence-electron chi connectivity index (χ0n) is 14.3. The van der Waals surface area contributed by atoms with E-state index in [1.807, 2.05) is 0 Å². The number of aliphatic hydroxyl groups is 1. The lowest BCUT2D eigenvalue weighted by Crippen LogP contribution is -2.41. The number of ether oxygens (including phenoxy) is 1. The second-order valence-electron chi connectivity index (χ2n) is 6.76. The molecule has 2 rings (SSSR count). The van der Waals surface area contributed by atoms with E-state index in [4.69, 9.17) is 4.74 Å². The van der Waals surface area contributed by atoms with Crippen LogP contribution in [0.1, 0.15) is 20.8 Å². The molecule has 1 amide bonds. The molecule has 0 aromatic carbocycles. The predicted octanol–water partition coefficient (Wildman–Crippen LogP) is 0.746. The highest BCUT2D eigenvalue weighted by Gasteiger charge is 2.32. The van der Waals surface area contributed by atoms with E-state index in [0.29, 0.717) is 12.4 Å². The van der Waals surface area contributed by atoms with Gasteiger partial charge in [-0.05, 0) is 20.8 Å². The van der Waals surface area contributed by atoms with Crippen molar-refractivity contribution in [3.05, 3.63) is 16.3 Å². The van der Waals surface area contributed by atoms with Crippen LogP contribution in [0, 0.1) is 10.1 Å². The van der Waals surface area contributed by atoms with Gasteiger partial charge in [0.25, 0.3) is 0 Å². The van der Waals surface area contributed by atoms with Crippen LogP contribution in [-0.4, -0.2) is 68.7 Å². The maximum Gasteiger partial charge on any atom is 0.410 e. The summed E-state index contributed by atoms with van der Waals surface area (Å²) in [4.78, 5) is 25.9. The number of rotatable bonds is 2. The second-order valence-corrected chi connectivity index (χ2v) is 6.76. The summed E-state index contributed by atoms with van der Waals surface area (Å²) in [5.41, 5.74) is -0.759. The minimum atomic E-state index is -0.852. The lowest BCUT2D eigenvalue weighted by molar-refractivity contribution is -0.384. The van der Waals surface area contributed by atoms with Gasteiger partial charge >= 0.3 is 11.8 Å². The fourth-order valence-corrected chi connectivity index (χ4v) is 2.59. The van der Waals surface area contributed by atoms with Gasteiger partial charge in [0.1, 0.15) is 11.8 Å². The van der Waals surface area contributed by atoms with Crippen molar-refractivity contribution < 1.29 is 19.6 Å². The van der Waals surface area contributed by atoms with Crippen molar-refractivity contribution in [1.29, 1.82) is 0 Å². The SMILES string of the molecule is Cn1ncc([N+](=O)[O-])c1N1CCN(C(=O)OC(C)(C)C)CC(O)C1. The molecule has 1 N–H and O–H groups in total. The van der Waals surface area contributed by atoms with E-state index in [-0.39, 0.29) is 25.3 Å². The quantitative estimate of drug-likeness (QED) is 0.623. The number of aliphatic hydroxyl groups excluding tert-OH is 1. The maximum absolute atomic E-state index is 12.2. The second kappa shape index (κ2) is 6.63. The topological polar surface area (TPSA) is 114 Å². The van der Waals surface area contributed by atoms with Crippen molar-refractivity contribution in [3.8, 4) is 0 Å². The standard InChI is InChI=1S/C14H23N5O5/c1-14(2,3)24-13(21)18-6-5-17(8-10(20)9-18)12-11(19(22)23)7-15-16(12)4/h7,10,20H,5-6,8-9H2,1-4H3. The molecule has 134 valence electrons. The van der Waals surface area contributed by atoms with E-state index in [9.17, 15) is 20.0 Å². The van der Waals surface area contributed by atoms with Crippen LogP contribution in [0.2, 0.25) is 0 Å². The zero-order chi connectivity index (χ0) is 18.1. The van der Waals surface area contributed by atoms with Crippen molar-refractivity contribution in [3.63, 3.8) is 0 Å². The lowest BCUT2D eigenvalue weighted by Gasteiger charge is -2.26. The molecule has 1 saturated heterocycles. The Morgan fingerprint density at radius 1 is 1.42 bits per heavy atom. The maximum atomic E-state index is 12.2. The Morgan fingerprint density at radius 2 is 2.08 bits per heavy atom. The van der Waals surface area contributed by atoms with Crippen LogP contribution in [0.4, 0.5) is 16.3 Å². The highest BCUT2D eigenvalue weighted by molar-refractivity contribution is 5.68. The molecule has 10 nitrogen and oxygen atoms in total. The Balaban J connectivity index is 2.17. The van der Waals surface area contributed by atoms with Crippen LogP contribution < -0.4 is 4.90 Å². The Hall–Kier alpha value is -2.36. The molecule has 0 radical (unpaired) electrons. The van der Waals surface area contributed by atoms with Gasteiger partial charge in [-0.25, -0.2) is 9.48 Å². The first-order valence-corrected chi connectivity index (χ1v) is 7.66. The van der Waals surface area contributed by atoms with E-state index in [0.717, 1.165) is 0 Å². The Bertz CT molecular complexity index is 624. The zero-order valence-corrected chi connectivity index (χ0v) is 14.3. The number of carbonyl (C=O) groups excluding carboxylic acids is 1. The monoisotopic (exact) mass is 341 g/mol. The molecule has 24 heavy (non-hydrogen) atoms. The Labute approximate surface area is 139 Å². The first-order valence-electron chi connectivity index (χ1n) is 7.66. The summed E-state index contributed by atoms with van der Waals surface area (Å²) in [5.74, 6) is 0.310. The van der Waals surface area contributed by atoms with E-state index in [1.54, 1.807) is 32.7 Å². The molecule has 0 saturated carbocycles. The fourth-order valence-electron chi connectivity index (χ4n) is 2.59. The van der Waals surface area contributed by atoms with Crippen LogP contribution in [0.25, 0.3) is 0 Å². The number of aryl methyl sites for hydroxylation is 1. The van der Waals surface area contributed by atoms with Gasteiger partial charge in [-0.15, -0.1) is 0 Å². The van der Waals surface area contributed by atoms with Gasteiger partial charge in [0.2, 0.25) is 5.82 Å². The summed E-state index contributed by atoms with van der Waals surface area (Å²) in [6.07, 6.45) is -0.185. The van der Waals surface area contributed by atoms with E-state index in [2.05, 4.69) is 5.10 Å². The molecule has 1 aliphatic heterocycles. The van der Waals surface area contributed by atoms with Gasteiger partial charge in [-0.2, -0.15) is 5.10 Å². The molecule has 1 fully saturated rings. The van der Waals surface area contributed by atoms with Crippen LogP contribution in [-0.2, 0) is 11.8 Å². The molecule has 2 heterocycles. The van der Waals surface area contributed by atoms with Crippen LogP contribution in [0.3, 0.4) is 0 Å². The van der Waals surface area contributed by atoms with Crippen LogP contribution >= 0.6 is 0 Å². The van der Waals surface area contributed by atoms with Gasteiger partial charge in [-0.3, -0.25) is 10.1 Å². The molecule has 1 atom stereocenters. The molecule has 1 aromatic heterocycles. The first kappa shape index (κ1) is 18.0. The number of hydrogen-bond donors (Lipinski definition) is 1. The number of β-amino-alcohol motifs (C(OH)–C–C–N with tert-alkyl or cyclic N) is 1. The number of amides is 1. The minimum absolute atomic E-state index is 0.108. The normalized spacial score (nSPS) is 19.1. The molecule has 0 aliphatic carbocycles. The predicted molar refractivity (Wildman–Crippen MR) is 85.9 cm³/mol. The molecular weight excluding hydrogens is 318 g/mol. The van der Waals surface area contributed by atoms with Crippen LogP contribution in [0.5, 0.6) is 0 Å². The average Bonchev–Trinajstić information content (AvgIpc) is 2.70. The molecule has 1 aromatic rings. The number of carbonyl (C=O) groups is 1. The van der Waals surface area contributed by atoms with Gasteiger partial charge in [0, 0.05) is 26.7 Å². The lowest BCUT2D eigenvalue weighted by atomic mass is 10.2. The van der Waals surface area contributed by atoms with E-state index in [1.165, 1.54) is 15.8 Å². The molecule has 1 aliphatic rings. The molecule has 10 heteroatoms. The minimum Gasteiger partial charge on any atom is -0.444 e. The van der Waals surface area contributed by atoms with Gasteiger partial charge in [-0.1, -0.05) is 0 Å². The summed E-state index contributed by atoms with van der Waals surface area (Å²) in [7, 11) is 1.60. The van der Waals surface area contributed by atoms with Crippen molar-refractivity contribution >= 4 is 17.6 Å². The summed E-state index contributed by atoms with van der Waals surface area (Å²) < 4.78 is 6.72. The van der Waals surface area contributed by atoms with Gasteiger partial charge in [0.05, 0.1) is 17.6 Å². The third-order valence-corrected chi connectivity index (χ3v) is 3.54. The largest absolute Gasteiger partial charge is 0.444 e. The summed E-state index contributed by atoms with van der Waals surface area (Å²) >= 11 is 0. The van der Waals surface area contributed by atoms with Crippen molar-refractivity contribution in [2.75, 3.05) is 31.1 Å². The van der Waals surface area contributed by atoms with Gasteiger partial charge in [0.15, 0.2) is 0 Å². The van der Waals surface area contributed by atoms with Crippen LogP contribution in [0.15, 0.2) is 6.20 Å². The van der Waals surface area contributed by atoms with Crippen molar-refractivity contribution in [1.82, 2.24) is 14.7 Å². The highest BCUT2D eigenvalue weighted by atomic mass is 16.6. The Kier molecular flexibility index (Phi) is 4.97. The van der Waals surface area contributed by atoms with Crippen molar-refractivity contribution in [2.45, 2.75) is 32.5 Å². The third kappa shape index (κ3) is 4.13. The number of hydrogen-bond acceptors (Lipinski definition) is 7. The summed E-state index contributed by atoms with van der Waals surface area (Å²) in [6, 6.07) is 0. The molecule has 0 spiro atoms. The highest BCUT2D eigenvalue weighted by Crippen LogP contribution is 2.28.